The Bertz CT molecular complexity index is 254. The monoisotopic (exact) mass is 260 g/mol. The highest BCUT2D eigenvalue weighted by Crippen LogP contribution is 2.51. The summed E-state index contributed by atoms with van der Waals surface area (Å²) in [4.78, 5) is 11.2. The average Bonchev–Trinajstić information content (AvgIpc) is 2.96. The van der Waals surface area contributed by atoms with E-state index in [4.69, 9.17) is 9.47 Å². The van der Waals surface area contributed by atoms with Gasteiger partial charge in [0.2, 0.25) is 0 Å². The molecule has 17 heavy (non-hydrogen) atoms. The average molecular weight is 260 g/mol. The number of carbonyl (C=O) groups excluding carboxylic acids is 1. The van der Waals surface area contributed by atoms with E-state index in [-0.39, 0.29) is 17.0 Å². The van der Waals surface area contributed by atoms with Crippen molar-refractivity contribution in [2.24, 2.45) is 5.41 Å². The summed E-state index contributed by atoms with van der Waals surface area (Å²) in [6, 6.07) is 0. The molecule has 0 N–H and O–H groups in total. The number of thioether (sulfide) groups is 1. The summed E-state index contributed by atoms with van der Waals surface area (Å²) in [5, 5.41) is 0. The highest BCUT2D eigenvalue weighted by atomic mass is 32.2. The van der Waals surface area contributed by atoms with Crippen molar-refractivity contribution in [3.05, 3.63) is 0 Å². The SMILES string of the molecule is COC(=O)CC1(CSCCOC(C)(C)C)CC1. The zero-order valence-electron chi connectivity index (χ0n) is 11.4. The Balaban J connectivity index is 2.08. The van der Waals surface area contributed by atoms with Crippen LogP contribution in [0.25, 0.3) is 0 Å². The van der Waals surface area contributed by atoms with Crippen molar-refractivity contribution in [3.63, 3.8) is 0 Å². The van der Waals surface area contributed by atoms with Gasteiger partial charge in [-0.3, -0.25) is 4.79 Å². The summed E-state index contributed by atoms with van der Waals surface area (Å²) in [6.07, 6.45) is 2.90. The van der Waals surface area contributed by atoms with Crippen LogP contribution in [0.1, 0.15) is 40.0 Å². The van der Waals surface area contributed by atoms with E-state index in [1.54, 1.807) is 0 Å². The third-order valence-electron chi connectivity index (χ3n) is 2.88. The van der Waals surface area contributed by atoms with Gasteiger partial charge in [0.25, 0.3) is 0 Å². The van der Waals surface area contributed by atoms with Crippen molar-refractivity contribution in [2.45, 2.75) is 45.6 Å². The molecule has 0 aromatic rings. The molecule has 0 aliphatic heterocycles. The summed E-state index contributed by atoms with van der Waals surface area (Å²) in [6.45, 7) is 6.98. The predicted octanol–water partition coefficient (Wildman–Crippen LogP) is 2.88. The second-order valence-electron chi connectivity index (χ2n) is 5.77. The van der Waals surface area contributed by atoms with Gasteiger partial charge in [0, 0.05) is 5.75 Å². The fourth-order valence-electron chi connectivity index (χ4n) is 1.62. The predicted molar refractivity (Wildman–Crippen MR) is 71.3 cm³/mol. The first-order chi connectivity index (χ1) is 7.87. The summed E-state index contributed by atoms with van der Waals surface area (Å²) in [5.41, 5.74) is 0.184. The van der Waals surface area contributed by atoms with Gasteiger partial charge in [-0.05, 0) is 44.8 Å². The van der Waals surface area contributed by atoms with Crippen LogP contribution in [0.5, 0.6) is 0 Å². The quantitative estimate of drug-likeness (QED) is 0.521. The molecule has 1 aliphatic carbocycles. The Morgan fingerprint density at radius 1 is 1.35 bits per heavy atom. The van der Waals surface area contributed by atoms with Crippen LogP contribution in [0.2, 0.25) is 0 Å². The number of carbonyl (C=O) groups is 1. The second kappa shape index (κ2) is 6.10. The van der Waals surface area contributed by atoms with Crippen molar-refractivity contribution in [1.82, 2.24) is 0 Å². The van der Waals surface area contributed by atoms with Gasteiger partial charge in [-0.25, -0.2) is 0 Å². The van der Waals surface area contributed by atoms with Crippen molar-refractivity contribution >= 4 is 17.7 Å². The number of hydrogen-bond acceptors (Lipinski definition) is 4. The highest BCUT2D eigenvalue weighted by molar-refractivity contribution is 7.99. The molecule has 0 spiro atoms. The van der Waals surface area contributed by atoms with Gasteiger partial charge in [-0.2, -0.15) is 11.8 Å². The van der Waals surface area contributed by atoms with Crippen LogP contribution in [-0.2, 0) is 14.3 Å². The first-order valence-corrected chi connectivity index (χ1v) is 7.31. The first kappa shape index (κ1) is 14.8. The van der Waals surface area contributed by atoms with Gasteiger partial charge >= 0.3 is 5.97 Å². The Morgan fingerprint density at radius 2 is 2.00 bits per heavy atom. The van der Waals surface area contributed by atoms with E-state index >= 15 is 0 Å². The molecule has 4 heteroatoms. The lowest BCUT2D eigenvalue weighted by Gasteiger charge is -2.19. The first-order valence-electron chi connectivity index (χ1n) is 6.15. The molecule has 0 aromatic carbocycles. The van der Waals surface area contributed by atoms with Crippen LogP contribution < -0.4 is 0 Å². The van der Waals surface area contributed by atoms with Crippen molar-refractivity contribution in [3.8, 4) is 0 Å². The lowest BCUT2D eigenvalue weighted by Crippen LogP contribution is -2.21. The lowest BCUT2D eigenvalue weighted by molar-refractivity contribution is -0.141. The molecule has 0 radical (unpaired) electrons. The van der Waals surface area contributed by atoms with E-state index in [1.165, 1.54) is 7.11 Å². The van der Waals surface area contributed by atoms with E-state index in [2.05, 4.69) is 20.8 Å². The van der Waals surface area contributed by atoms with E-state index in [9.17, 15) is 4.79 Å². The number of ether oxygens (including phenoxy) is 2. The molecule has 0 atom stereocenters. The summed E-state index contributed by atoms with van der Waals surface area (Å²) in [7, 11) is 1.46. The lowest BCUT2D eigenvalue weighted by atomic mass is 10.1. The Kier molecular flexibility index (Phi) is 5.32. The number of rotatable bonds is 7. The van der Waals surface area contributed by atoms with Crippen molar-refractivity contribution < 1.29 is 14.3 Å². The van der Waals surface area contributed by atoms with Gasteiger partial charge in [0.05, 0.1) is 25.7 Å². The van der Waals surface area contributed by atoms with E-state index < -0.39 is 0 Å². The molecule has 100 valence electrons. The van der Waals surface area contributed by atoms with E-state index in [1.807, 2.05) is 11.8 Å². The van der Waals surface area contributed by atoms with E-state index in [0.29, 0.717) is 6.42 Å². The normalized spacial score (nSPS) is 17.9. The fraction of sp³-hybridized carbons (Fsp3) is 0.923. The maximum Gasteiger partial charge on any atom is 0.306 e. The molecule has 0 heterocycles. The minimum Gasteiger partial charge on any atom is -0.469 e. The highest BCUT2D eigenvalue weighted by Gasteiger charge is 2.44. The molecule has 0 unspecified atom stereocenters. The molecular weight excluding hydrogens is 236 g/mol. The van der Waals surface area contributed by atoms with Gasteiger partial charge in [0.1, 0.15) is 0 Å². The third kappa shape index (κ3) is 6.32. The molecule has 1 rings (SSSR count). The fourth-order valence-corrected chi connectivity index (χ4v) is 2.79. The van der Waals surface area contributed by atoms with Crippen LogP contribution in [-0.4, -0.2) is 36.8 Å². The maximum atomic E-state index is 11.2. The Hall–Kier alpha value is -0.220. The van der Waals surface area contributed by atoms with Crippen LogP contribution >= 0.6 is 11.8 Å². The zero-order chi connectivity index (χ0) is 12.9. The van der Waals surface area contributed by atoms with E-state index in [0.717, 1.165) is 31.0 Å². The summed E-state index contributed by atoms with van der Waals surface area (Å²) < 4.78 is 10.4. The van der Waals surface area contributed by atoms with Gasteiger partial charge < -0.3 is 9.47 Å². The molecule has 0 aromatic heterocycles. The minimum atomic E-state index is -0.0750. The van der Waals surface area contributed by atoms with Crippen LogP contribution in [0, 0.1) is 5.41 Å². The molecule has 1 aliphatic rings. The standard InChI is InChI=1S/C13H24O3S/c1-12(2,3)16-7-8-17-10-13(5-6-13)9-11(14)15-4/h5-10H2,1-4H3. The molecular formula is C13H24O3S. The Labute approximate surface area is 109 Å². The molecule has 0 bridgehead atoms. The molecule has 1 fully saturated rings. The summed E-state index contributed by atoms with van der Waals surface area (Å²) in [5.74, 6) is 1.98. The van der Waals surface area contributed by atoms with Crippen LogP contribution in [0.4, 0.5) is 0 Å². The van der Waals surface area contributed by atoms with Crippen LogP contribution in [0.15, 0.2) is 0 Å². The zero-order valence-corrected chi connectivity index (χ0v) is 12.2. The summed E-state index contributed by atoms with van der Waals surface area (Å²) >= 11 is 1.88. The molecule has 0 saturated heterocycles. The smallest absolute Gasteiger partial charge is 0.306 e. The third-order valence-corrected chi connectivity index (χ3v) is 4.15. The number of hydrogen-bond donors (Lipinski definition) is 0. The second-order valence-corrected chi connectivity index (χ2v) is 6.87. The minimum absolute atomic E-state index is 0.0517. The topological polar surface area (TPSA) is 35.5 Å². The molecule has 0 amide bonds. The molecule has 1 saturated carbocycles. The van der Waals surface area contributed by atoms with Crippen molar-refractivity contribution in [2.75, 3.05) is 25.2 Å². The van der Waals surface area contributed by atoms with Gasteiger partial charge in [0.15, 0.2) is 0 Å². The van der Waals surface area contributed by atoms with Gasteiger partial charge in [-0.1, -0.05) is 0 Å². The Morgan fingerprint density at radius 3 is 2.47 bits per heavy atom. The van der Waals surface area contributed by atoms with Crippen molar-refractivity contribution in [1.29, 1.82) is 0 Å². The van der Waals surface area contributed by atoms with Gasteiger partial charge in [-0.15, -0.1) is 0 Å². The maximum absolute atomic E-state index is 11.2. The number of methoxy groups -OCH3 is 1. The number of esters is 1. The largest absolute Gasteiger partial charge is 0.469 e. The van der Waals surface area contributed by atoms with Crippen LogP contribution in [0.3, 0.4) is 0 Å². The molecule has 3 nitrogen and oxygen atoms in total.